The molecule has 1 aliphatic rings. The summed E-state index contributed by atoms with van der Waals surface area (Å²) in [5.41, 5.74) is 2.05. The molecule has 7 heteroatoms. The lowest BCUT2D eigenvalue weighted by Crippen LogP contribution is -2.46. The fraction of sp³-hybridized carbons (Fsp3) is 0.353. The smallest absolute Gasteiger partial charge is 0.227 e. The third-order valence-electron chi connectivity index (χ3n) is 3.98. The van der Waals surface area contributed by atoms with Crippen molar-refractivity contribution in [3.05, 3.63) is 46.6 Å². The lowest BCUT2D eigenvalue weighted by Gasteiger charge is -2.32. The van der Waals surface area contributed by atoms with Crippen LogP contribution in [-0.4, -0.2) is 47.5 Å². The summed E-state index contributed by atoms with van der Waals surface area (Å²) in [5, 5.41) is 4.06. The van der Waals surface area contributed by atoms with Crippen LogP contribution in [0.5, 0.6) is 0 Å². The summed E-state index contributed by atoms with van der Waals surface area (Å²) >= 11 is 5.91. The Kier molecular flexibility index (Phi) is 5.15. The highest BCUT2D eigenvalue weighted by Crippen LogP contribution is 2.17. The summed E-state index contributed by atoms with van der Waals surface area (Å²) in [6, 6.07) is 9.66. The van der Waals surface area contributed by atoms with Gasteiger partial charge in [0.25, 0.3) is 0 Å². The number of rotatable bonds is 5. The summed E-state index contributed by atoms with van der Waals surface area (Å²) in [6.45, 7) is 5.53. The predicted molar refractivity (Wildman–Crippen MR) is 95.4 cm³/mol. The summed E-state index contributed by atoms with van der Waals surface area (Å²) in [4.78, 5) is 23.8. The van der Waals surface area contributed by atoms with Gasteiger partial charge in [-0.1, -0.05) is 23.7 Å². The summed E-state index contributed by atoms with van der Waals surface area (Å²) < 4.78 is 0. The number of nitrogens with one attached hydrogen (secondary N) is 1. The molecule has 1 amide bonds. The van der Waals surface area contributed by atoms with E-state index in [2.05, 4.69) is 20.2 Å². The van der Waals surface area contributed by atoms with Crippen LogP contribution in [0, 0.1) is 6.92 Å². The van der Waals surface area contributed by atoms with E-state index in [1.807, 2.05) is 37.3 Å². The molecule has 0 aliphatic carbocycles. The summed E-state index contributed by atoms with van der Waals surface area (Å²) in [6.07, 6.45) is 0.896. The number of piperazine rings is 1. The Bertz CT molecular complexity index is 699. The van der Waals surface area contributed by atoms with Crippen molar-refractivity contribution in [2.75, 3.05) is 36.4 Å². The van der Waals surface area contributed by atoms with Gasteiger partial charge in [0.05, 0.1) is 0 Å². The number of hydrogen-bond donors (Lipinski definition) is 1. The molecule has 0 radical (unpaired) electrons. The molecule has 2 heterocycles. The molecule has 1 fully saturated rings. The van der Waals surface area contributed by atoms with E-state index in [1.165, 1.54) is 0 Å². The highest BCUT2D eigenvalue weighted by molar-refractivity contribution is 6.30. The number of halogens is 1. The Morgan fingerprint density at radius 1 is 1.17 bits per heavy atom. The van der Waals surface area contributed by atoms with Crippen LogP contribution < -0.4 is 10.2 Å². The van der Waals surface area contributed by atoms with E-state index in [0.29, 0.717) is 25.6 Å². The average Bonchev–Trinajstić information content (AvgIpc) is 2.61. The molecule has 2 aromatic rings. The monoisotopic (exact) mass is 345 g/mol. The molecule has 0 atom stereocenters. The maximum absolute atomic E-state index is 10.8. The van der Waals surface area contributed by atoms with Gasteiger partial charge in [-0.2, -0.15) is 4.98 Å². The molecule has 1 saturated heterocycles. The van der Waals surface area contributed by atoms with Gasteiger partial charge in [0, 0.05) is 49.5 Å². The van der Waals surface area contributed by atoms with Crippen molar-refractivity contribution in [2.24, 2.45) is 0 Å². The second kappa shape index (κ2) is 7.49. The van der Waals surface area contributed by atoms with Gasteiger partial charge in [-0.05, 0) is 24.6 Å². The minimum Gasteiger partial charge on any atom is -0.366 e. The van der Waals surface area contributed by atoms with E-state index in [0.717, 1.165) is 41.6 Å². The Labute approximate surface area is 146 Å². The Morgan fingerprint density at radius 2 is 1.88 bits per heavy atom. The van der Waals surface area contributed by atoms with Crippen LogP contribution in [0.3, 0.4) is 0 Å². The first-order valence-corrected chi connectivity index (χ1v) is 8.30. The molecule has 0 saturated carbocycles. The first-order valence-electron chi connectivity index (χ1n) is 7.92. The van der Waals surface area contributed by atoms with Gasteiger partial charge < -0.3 is 15.1 Å². The van der Waals surface area contributed by atoms with Crippen LogP contribution in [0.1, 0.15) is 11.3 Å². The molecule has 24 heavy (non-hydrogen) atoms. The minimum atomic E-state index is 0.673. The predicted octanol–water partition coefficient (Wildman–Crippen LogP) is 2.33. The first kappa shape index (κ1) is 16.5. The SMILES string of the molecule is Cc1cc(NCc2ccc(Cl)cc2)nc(N2CCN(C=O)CC2)n1. The molecule has 6 nitrogen and oxygen atoms in total. The fourth-order valence-corrected chi connectivity index (χ4v) is 2.73. The Balaban J connectivity index is 1.67. The number of nitrogens with zero attached hydrogens (tertiary/aromatic N) is 4. The maximum atomic E-state index is 10.8. The molecule has 1 N–H and O–H groups in total. The third kappa shape index (κ3) is 4.14. The largest absolute Gasteiger partial charge is 0.366 e. The van der Waals surface area contributed by atoms with Crippen molar-refractivity contribution in [2.45, 2.75) is 13.5 Å². The highest BCUT2D eigenvalue weighted by Gasteiger charge is 2.18. The van der Waals surface area contributed by atoms with E-state index in [-0.39, 0.29) is 0 Å². The number of carbonyl (C=O) groups excluding carboxylic acids is 1. The second-order valence-corrected chi connectivity index (χ2v) is 6.24. The van der Waals surface area contributed by atoms with Crippen LogP contribution >= 0.6 is 11.6 Å². The van der Waals surface area contributed by atoms with Crippen LogP contribution in [0.25, 0.3) is 0 Å². The minimum absolute atomic E-state index is 0.673. The van der Waals surface area contributed by atoms with Crippen molar-refractivity contribution in [1.82, 2.24) is 14.9 Å². The number of aromatic nitrogens is 2. The molecule has 3 rings (SSSR count). The van der Waals surface area contributed by atoms with Crippen LogP contribution in [0.4, 0.5) is 11.8 Å². The van der Waals surface area contributed by atoms with Gasteiger partial charge in [0.2, 0.25) is 12.4 Å². The molecular formula is C17H20ClN5O. The Morgan fingerprint density at radius 3 is 2.54 bits per heavy atom. The standard InChI is InChI=1S/C17H20ClN5O/c1-13-10-16(19-11-14-2-4-15(18)5-3-14)21-17(20-13)23-8-6-22(12-24)7-9-23/h2-5,10,12H,6-9,11H2,1H3,(H,19,20,21). The van der Waals surface area contributed by atoms with E-state index in [4.69, 9.17) is 11.6 Å². The maximum Gasteiger partial charge on any atom is 0.227 e. The van der Waals surface area contributed by atoms with Crippen molar-refractivity contribution >= 4 is 29.8 Å². The van der Waals surface area contributed by atoms with Gasteiger partial charge in [-0.3, -0.25) is 4.79 Å². The Hall–Kier alpha value is -2.34. The fourth-order valence-electron chi connectivity index (χ4n) is 2.61. The van der Waals surface area contributed by atoms with Gasteiger partial charge in [-0.25, -0.2) is 4.98 Å². The zero-order valence-electron chi connectivity index (χ0n) is 13.6. The highest BCUT2D eigenvalue weighted by atomic mass is 35.5. The molecule has 1 aromatic carbocycles. The van der Waals surface area contributed by atoms with Crippen molar-refractivity contribution in [3.8, 4) is 0 Å². The zero-order chi connectivity index (χ0) is 16.9. The molecule has 0 bridgehead atoms. The van der Waals surface area contributed by atoms with E-state index in [1.54, 1.807) is 4.90 Å². The number of aryl methyl sites for hydroxylation is 1. The van der Waals surface area contributed by atoms with Crippen molar-refractivity contribution < 1.29 is 4.79 Å². The van der Waals surface area contributed by atoms with Crippen LogP contribution in [-0.2, 0) is 11.3 Å². The van der Waals surface area contributed by atoms with E-state index >= 15 is 0 Å². The summed E-state index contributed by atoms with van der Waals surface area (Å²) in [5.74, 6) is 1.50. The zero-order valence-corrected chi connectivity index (χ0v) is 14.3. The second-order valence-electron chi connectivity index (χ2n) is 5.80. The third-order valence-corrected chi connectivity index (χ3v) is 4.23. The molecule has 0 unspecified atom stereocenters. The molecular weight excluding hydrogens is 326 g/mol. The lowest BCUT2D eigenvalue weighted by molar-refractivity contribution is -0.118. The van der Waals surface area contributed by atoms with Gasteiger partial charge >= 0.3 is 0 Å². The van der Waals surface area contributed by atoms with Crippen molar-refractivity contribution in [3.63, 3.8) is 0 Å². The summed E-state index contributed by atoms with van der Waals surface area (Å²) in [7, 11) is 0. The molecule has 1 aliphatic heterocycles. The number of hydrogen-bond acceptors (Lipinski definition) is 5. The quantitative estimate of drug-likeness (QED) is 0.843. The van der Waals surface area contributed by atoms with E-state index in [9.17, 15) is 4.79 Å². The molecule has 126 valence electrons. The lowest BCUT2D eigenvalue weighted by atomic mass is 10.2. The number of amides is 1. The van der Waals surface area contributed by atoms with Gasteiger partial charge in [-0.15, -0.1) is 0 Å². The molecule has 1 aromatic heterocycles. The van der Waals surface area contributed by atoms with Gasteiger partial charge in [0.1, 0.15) is 5.82 Å². The van der Waals surface area contributed by atoms with Crippen LogP contribution in [0.15, 0.2) is 30.3 Å². The number of carbonyl (C=O) groups is 1. The first-order chi connectivity index (χ1) is 11.6. The normalized spacial score (nSPS) is 14.6. The molecule has 0 spiro atoms. The number of benzene rings is 1. The van der Waals surface area contributed by atoms with E-state index < -0.39 is 0 Å². The van der Waals surface area contributed by atoms with Crippen molar-refractivity contribution in [1.29, 1.82) is 0 Å². The number of anilines is 2. The average molecular weight is 346 g/mol. The topological polar surface area (TPSA) is 61.4 Å². The van der Waals surface area contributed by atoms with Gasteiger partial charge in [0.15, 0.2) is 0 Å². The van der Waals surface area contributed by atoms with Crippen LogP contribution in [0.2, 0.25) is 5.02 Å².